The molecule has 1 atom stereocenters. The Morgan fingerprint density at radius 2 is 1.62 bits per heavy atom. The third kappa shape index (κ3) is 2.67. The molecular formula is C18H13ClFI. The van der Waals surface area contributed by atoms with E-state index in [1.807, 2.05) is 30.3 Å². The van der Waals surface area contributed by atoms with Gasteiger partial charge in [-0.05, 0) is 57.7 Å². The molecule has 0 aliphatic heterocycles. The van der Waals surface area contributed by atoms with Crippen molar-refractivity contribution >= 4 is 45.0 Å². The van der Waals surface area contributed by atoms with Gasteiger partial charge < -0.3 is 0 Å². The maximum atomic E-state index is 13.9. The molecule has 0 radical (unpaired) electrons. The summed E-state index contributed by atoms with van der Waals surface area (Å²) in [7, 11) is 0. The van der Waals surface area contributed by atoms with Gasteiger partial charge in [-0.3, -0.25) is 0 Å². The van der Waals surface area contributed by atoms with Crippen LogP contribution in [0, 0.1) is 16.3 Å². The zero-order valence-electron chi connectivity index (χ0n) is 11.4. The average molecular weight is 411 g/mol. The molecule has 0 saturated carbocycles. The molecule has 3 heteroatoms. The highest BCUT2D eigenvalue weighted by atomic mass is 127. The maximum absolute atomic E-state index is 13.9. The molecule has 3 aromatic carbocycles. The lowest BCUT2D eigenvalue weighted by Gasteiger charge is -2.16. The second-order valence-corrected chi connectivity index (χ2v) is 6.54. The average Bonchev–Trinajstić information content (AvgIpc) is 2.50. The summed E-state index contributed by atoms with van der Waals surface area (Å²) in [5.41, 5.74) is 3.20. The molecule has 0 nitrogen and oxygen atoms in total. The second-order valence-electron chi connectivity index (χ2n) is 5.02. The first-order valence-corrected chi connectivity index (χ1v) is 8.17. The number of fused-ring (bicyclic) bond motifs is 1. The fourth-order valence-corrected chi connectivity index (χ4v) is 3.77. The van der Waals surface area contributed by atoms with Crippen LogP contribution in [0.1, 0.15) is 22.1 Å². The standard InChI is InChI=1S/C18H13ClFI/c1-11-5-4-8-15(18(11)21)17(19)14-9-10-16(20)13-7-3-2-6-12(13)14/h2-10,17H,1H3. The van der Waals surface area contributed by atoms with Crippen molar-refractivity contribution in [1.29, 1.82) is 0 Å². The van der Waals surface area contributed by atoms with Gasteiger partial charge in [0, 0.05) is 8.96 Å². The van der Waals surface area contributed by atoms with Gasteiger partial charge in [-0.25, -0.2) is 4.39 Å². The molecule has 3 rings (SSSR count). The Hall–Kier alpha value is -1.13. The Kier molecular flexibility index (Phi) is 4.18. The Balaban J connectivity index is 2.21. The maximum Gasteiger partial charge on any atom is 0.131 e. The molecule has 1 unspecified atom stereocenters. The number of halogens is 3. The minimum Gasteiger partial charge on any atom is -0.206 e. The Labute approximate surface area is 142 Å². The molecule has 0 amide bonds. The van der Waals surface area contributed by atoms with Gasteiger partial charge >= 0.3 is 0 Å². The lowest BCUT2D eigenvalue weighted by molar-refractivity contribution is 0.639. The van der Waals surface area contributed by atoms with Crippen LogP contribution in [0.4, 0.5) is 4.39 Å². The topological polar surface area (TPSA) is 0 Å². The van der Waals surface area contributed by atoms with E-state index in [2.05, 4.69) is 35.6 Å². The van der Waals surface area contributed by atoms with Gasteiger partial charge in [0.25, 0.3) is 0 Å². The van der Waals surface area contributed by atoms with Crippen LogP contribution < -0.4 is 0 Å². The quantitative estimate of drug-likeness (QED) is 0.347. The molecule has 0 aliphatic carbocycles. The van der Waals surface area contributed by atoms with Gasteiger partial charge in [0.2, 0.25) is 0 Å². The third-order valence-electron chi connectivity index (χ3n) is 3.67. The van der Waals surface area contributed by atoms with Crippen molar-refractivity contribution in [2.45, 2.75) is 12.3 Å². The van der Waals surface area contributed by atoms with Crippen molar-refractivity contribution < 1.29 is 4.39 Å². The van der Waals surface area contributed by atoms with Crippen LogP contribution in [0.5, 0.6) is 0 Å². The van der Waals surface area contributed by atoms with Crippen LogP contribution >= 0.6 is 34.2 Å². The van der Waals surface area contributed by atoms with E-state index < -0.39 is 0 Å². The largest absolute Gasteiger partial charge is 0.206 e. The zero-order chi connectivity index (χ0) is 15.0. The summed E-state index contributed by atoms with van der Waals surface area (Å²) in [6.07, 6.45) is 0. The number of alkyl halides is 1. The van der Waals surface area contributed by atoms with E-state index in [9.17, 15) is 4.39 Å². The summed E-state index contributed by atoms with van der Waals surface area (Å²) in [6, 6.07) is 16.9. The number of aryl methyl sites for hydroxylation is 1. The van der Waals surface area contributed by atoms with Crippen LogP contribution in [-0.4, -0.2) is 0 Å². The van der Waals surface area contributed by atoms with Gasteiger partial charge in [0.15, 0.2) is 0 Å². The molecule has 106 valence electrons. The molecular weight excluding hydrogens is 398 g/mol. The van der Waals surface area contributed by atoms with Crippen LogP contribution in [0.2, 0.25) is 0 Å². The smallest absolute Gasteiger partial charge is 0.131 e. The molecule has 0 spiro atoms. The van der Waals surface area contributed by atoms with E-state index in [0.717, 1.165) is 20.1 Å². The van der Waals surface area contributed by atoms with Gasteiger partial charge in [-0.1, -0.05) is 48.5 Å². The first kappa shape index (κ1) is 14.8. The Bertz CT molecular complexity index is 813. The van der Waals surface area contributed by atoms with E-state index in [1.165, 1.54) is 11.6 Å². The van der Waals surface area contributed by atoms with E-state index in [-0.39, 0.29) is 11.2 Å². The predicted molar refractivity (Wildman–Crippen MR) is 95.5 cm³/mol. The van der Waals surface area contributed by atoms with Crippen molar-refractivity contribution in [3.05, 3.63) is 80.7 Å². The highest BCUT2D eigenvalue weighted by Crippen LogP contribution is 2.37. The van der Waals surface area contributed by atoms with Crippen molar-refractivity contribution in [2.75, 3.05) is 0 Å². The summed E-state index contributed by atoms with van der Waals surface area (Å²) in [4.78, 5) is 0. The van der Waals surface area contributed by atoms with Crippen LogP contribution in [0.3, 0.4) is 0 Å². The minimum atomic E-state index is -0.290. The summed E-state index contributed by atoms with van der Waals surface area (Å²) in [5, 5.41) is 1.19. The van der Waals surface area contributed by atoms with Crippen molar-refractivity contribution in [3.8, 4) is 0 Å². The first-order chi connectivity index (χ1) is 10.1. The van der Waals surface area contributed by atoms with Gasteiger partial charge in [0.1, 0.15) is 5.82 Å². The number of hydrogen-bond acceptors (Lipinski definition) is 0. The summed E-state index contributed by atoms with van der Waals surface area (Å²) in [5.74, 6) is -0.211. The number of benzene rings is 3. The van der Waals surface area contributed by atoms with Crippen LogP contribution in [0.15, 0.2) is 54.6 Å². The lowest BCUT2D eigenvalue weighted by Crippen LogP contribution is -1.99. The van der Waals surface area contributed by atoms with E-state index >= 15 is 0 Å². The molecule has 3 aromatic rings. The molecule has 21 heavy (non-hydrogen) atoms. The van der Waals surface area contributed by atoms with Gasteiger partial charge in [0.05, 0.1) is 5.38 Å². The van der Waals surface area contributed by atoms with Crippen molar-refractivity contribution in [2.24, 2.45) is 0 Å². The highest BCUT2D eigenvalue weighted by Gasteiger charge is 2.18. The van der Waals surface area contributed by atoms with Crippen molar-refractivity contribution in [3.63, 3.8) is 0 Å². The van der Waals surface area contributed by atoms with E-state index in [1.54, 1.807) is 12.1 Å². The lowest BCUT2D eigenvalue weighted by atomic mass is 9.97. The highest BCUT2D eigenvalue weighted by molar-refractivity contribution is 14.1. The Morgan fingerprint density at radius 3 is 2.38 bits per heavy atom. The first-order valence-electron chi connectivity index (χ1n) is 6.66. The predicted octanol–water partition coefficient (Wildman–Crippen LogP) is 6.22. The molecule has 0 bridgehead atoms. The fourth-order valence-electron chi connectivity index (χ4n) is 2.54. The summed E-state index contributed by atoms with van der Waals surface area (Å²) >= 11 is 9.03. The molecule has 0 heterocycles. The molecule has 0 N–H and O–H groups in total. The zero-order valence-corrected chi connectivity index (χ0v) is 14.3. The molecule has 0 aromatic heterocycles. The van der Waals surface area contributed by atoms with Gasteiger partial charge in [-0.15, -0.1) is 11.6 Å². The number of rotatable bonds is 2. The number of hydrogen-bond donors (Lipinski definition) is 0. The summed E-state index contributed by atoms with van der Waals surface area (Å²) < 4.78 is 15.1. The molecule has 0 aliphatic rings. The van der Waals surface area contributed by atoms with E-state index in [4.69, 9.17) is 11.6 Å². The normalized spacial score (nSPS) is 12.6. The monoisotopic (exact) mass is 410 g/mol. The van der Waals surface area contributed by atoms with E-state index in [0.29, 0.717) is 5.39 Å². The molecule has 0 fully saturated rings. The summed E-state index contributed by atoms with van der Waals surface area (Å²) in [6.45, 7) is 2.07. The Morgan fingerprint density at radius 1 is 0.905 bits per heavy atom. The minimum absolute atomic E-state index is 0.211. The molecule has 0 saturated heterocycles. The third-order valence-corrected chi connectivity index (χ3v) is 5.62. The van der Waals surface area contributed by atoms with Gasteiger partial charge in [-0.2, -0.15) is 0 Å². The SMILES string of the molecule is Cc1cccc(C(Cl)c2ccc(F)c3ccccc23)c1I. The van der Waals surface area contributed by atoms with Crippen molar-refractivity contribution in [1.82, 2.24) is 0 Å². The fraction of sp³-hybridized carbons (Fsp3) is 0.111. The second kappa shape index (κ2) is 5.93. The van der Waals surface area contributed by atoms with Crippen LogP contribution in [0.25, 0.3) is 10.8 Å². The van der Waals surface area contributed by atoms with Crippen LogP contribution in [-0.2, 0) is 0 Å².